The van der Waals surface area contributed by atoms with Crippen LogP contribution in [-0.4, -0.2) is 15.2 Å². The lowest BCUT2D eigenvalue weighted by Crippen LogP contribution is -1.83. The van der Waals surface area contributed by atoms with Crippen molar-refractivity contribution in [3.8, 4) is 22.8 Å². The Morgan fingerprint density at radius 3 is 1.77 bits per heavy atom. The summed E-state index contributed by atoms with van der Waals surface area (Å²) in [6.45, 7) is 0. The Balaban J connectivity index is 1.46. The van der Waals surface area contributed by atoms with E-state index in [1.807, 2.05) is 72.8 Å². The lowest BCUT2D eigenvalue weighted by Gasteiger charge is -1.99. The summed E-state index contributed by atoms with van der Waals surface area (Å²) in [4.78, 5) is 4.87. The quantitative estimate of drug-likeness (QED) is 0.341. The summed E-state index contributed by atoms with van der Waals surface area (Å²) >= 11 is 0. The Kier molecular flexibility index (Phi) is 3.21. The zero-order chi connectivity index (χ0) is 20.4. The third-order valence-corrected chi connectivity index (χ3v) is 5.79. The molecule has 3 aromatic heterocycles. The highest BCUT2D eigenvalue weighted by atomic mass is 16.3. The SMILES string of the molecule is c1ccc2c(c1)oc1cccc(-c3n[nH]c(-c4cccc5oc6ccccc6c45)n3)c12. The molecule has 0 aliphatic carbocycles. The van der Waals surface area contributed by atoms with Crippen molar-refractivity contribution in [3.63, 3.8) is 0 Å². The van der Waals surface area contributed by atoms with E-state index in [2.05, 4.69) is 22.3 Å². The molecule has 0 aliphatic heterocycles. The first kappa shape index (κ1) is 16.4. The van der Waals surface area contributed by atoms with Gasteiger partial charge in [-0.05, 0) is 24.3 Å². The molecule has 0 spiro atoms. The van der Waals surface area contributed by atoms with Crippen molar-refractivity contribution >= 4 is 43.9 Å². The molecule has 0 saturated carbocycles. The highest BCUT2D eigenvalue weighted by molar-refractivity contribution is 6.13. The fourth-order valence-electron chi connectivity index (χ4n) is 4.44. The van der Waals surface area contributed by atoms with Crippen LogP contribution >= 0.6 is 0 Å². The fourth-order valence-corrected chi connectivity index (χ4v) is 4.44. The molecule has 31 heavy (non-hydrogen) atoms. The topological polar surface area (TPSA) is 67.8 Å². The van der Waals surface area contributed by atoms with Gasteiger partial charge in [0, 0.05) is 32.7 Å². The molecule has 0 unspecified atom stereocenters. The zero-order valence-electron chi connectivity index (χ0n) is 16.3. The second-order valence-corrected chi connectivity index (χ2v) is 7.56. The number of hydrogen-bond donors (Lipinski definition) is 1. The molecule has 0 saturated heterocycles. The normalized spacial score (nSPS) is 11.9. The Morgan fingerprint density at radius 1 is 0.548 bits per heavy atom. The molecular weight excluding hydrogens is 386 g/mol. The standard InChI is InChI=1S/C26H15N3O2/c1-3-11-19-15(7-1)23-17(9-5-13-21(23)30-19)25-27-26(29-28-25)18-10-6-14-22-24(18)16-8-2-4-12-20(16)31-22/h1-14H,(H,27,28,29). The van der Waals surface area contributed by atoms with E-state index in [1.165, 1.54) is 0 Å². The van der Waals surface area contributed by atoms with Gasteiger partial charge in [0.25, 0.3) is 0 Å². The van der Waals surface area contributed by atoms with Crippen LogP contribution in [0.3, 0.4) is 0 Å². The van der Waals surface area contributed by atoms with Gasteiger partial charge in [0.05, 0.1) is 0 Å². The van der Waals surface area contributed by atoms with Gasteiger partial charge in [-0.15, -0.1) is 0 Å². The molecule has 4 aromatic carbocycles. The van der Waals surface area contributed by atoms with Crippen molar-refractivity contribution in [2.24, 2.45) is 0 Å². The Bertz CT molecular complexity index is 1620. The Hall–Kier alpha value is -4.38. The van der Waals surface area contributed by atoms with Crippen LogP contribution in [0.4, 0.5) is 0 Å². The first-order valence-electron chi connectivity index (χ1n) is 10.1. The first-order valence-corrected chi connectivity index (χ1v) is 10.1. The molecule has 5 nitrogen and oxygen atoms in total. The first-order chi connectivity index (χ1) is 15.4. The van der Waals surface area contributed by atoms with Gasteiger partial charge in [-0.1, -0.05) is 60.7 Å². The van der Waals surface area contributed by atoms with Crippen molar-refractivity contribution in [2.45, 2.75) is 0 Å². The van der Waals surface area contributed by atoms with Crippen molar-refractivity contribution in [1.82, 2.24) is 15.2 Å². The average Bonchev–Trinajstić information content (AvgIpc) is 3.53. The molecule has 3 heterocycles. The molecule has 0 atom stereocenters. The van der Waals surface area contributed by atoms with Crippen LogP contribution < -0.4 is 0 Å². The van der Waals surface area contributed by atoms with Gasteiger partial charge in [-0.3, -0.25) is 5.10 Å². The molecule has 0 bridgehead atoms. The second kappa shape index (κ2) is 6.06. The molecule has 1 N–H and O–H groups in total. The van der Waals surface area contributed by atoms with Gasteiger partial charge in [-0.25, -0.2) is 4.98 Å². The minimum Gasteiger partial charge on any atom is -0.456 e. The van der Waals surface area contributed by atoms with Crippen molar-refractivity contribution in [2.75, 3.05) is 0 Å². The predicted octanol–water partition coefficient (Wildman–Crippen LogP) is 6.94. The van der Waals surface area contributed by atoms with E-state index in [0.29, 0.717) is 11.6 Å². The van der Waals surface area contributed by atoms with Crippen LogP contribution in [-0.2, 0) is 0 Å². The maximum Gasteiger partial charge on any atom is 0.182 e. The summed E-state index contributed by atoms with van der Waals surface area (Å²) in [6, 6.07) is 28.1. The number of nitrogens with one attached hydrogen (secondary N) is 1. The summed E-state index contributed by atoms with van der Waals surface area (Å²) in [6.07, 6.45) is 0. The maximum absolute atomic E-state index is 6.03. The lowest BCUT2D eigenvalue weighted by atomic mass is 10.1. The monoisotopic (exact) mass is 401 g/mol. The number of fused-ring (bicyclic) bond motifs is 6. The van der Waals surface area contributed by atoms with E-state index in [0.717, 1.165) is 55.0 Å². The summed E-state index contributed by atoms with van der Waals surface area (Å²) in [5.74, 6) is 1.34. The molecule has 7 rings (SSSR count). The van der Waals surface area contributed by atoms with Gasteiger partial charge in [0.2, 0.25) is 0 Å². The number of aromatic nitrogens is 3. The highest BCUT2D eigenvalue weighted by Gasteiger charge is 2.18. The molecule has 7 aromatic rings. The van der Waals surface area contributed by atoms with Crippen LogP contribution in [0.15, 0.2) is 93.8 Å². The zero-order valence-corrected chi connectivity index (χ0v) is 16.3. The van der Waals surface area contributed by atoms with Crippen molar-refractivity contribution < 1.29 is 8.83 Å². The largest absolute Gasteiger partial charge is 0.456 e. The number of hydrogen-bond acceptors (Lipinski definition) is 4. The second-order valence-electron chi connectivity index (χ2n) is 7.56. The van der Waals surface area contributed by atoms with Crippen LogP contribution in [0.25, 0.3) is 66.7 Å². The van der Waals surface area contributed by atoms with Gasteiger partial charge >= 0.3 is 0 Å². The molecule has 0 aliphatic rings. The minimum absolute atomic E-state index is 0.636. The fraction of sp³-hybridized carbons (Fsp3) is 0. The van der Waals surface area contributed by atoms with Gasteiger partial charge in [0.15, 0.2) is 11.6 Å². The highest BCUT2D eigenvalue weighted by Crippen LogP contribution is 2.38. The Labute approximate surface area is 175 Å². The average molecular weight is 401 g/mol. The number of rotatable bonds is 2. The summed E-state index contributed by atoms with van der Waals surface area (Å²) < 4.78 is 12.1. The molecule has 0 amide bonds. The Morgan fingerprint density at radius 2 is 1.10 bits per heavy atom. The van der Waals surface area contributed by atoms with Crippen LogP contribution in [0, 0.1) is 0 Å². The summed E-state index contributed by atoms with van der Waals surface area (Å²) in [5.41, 5.74) is 5.28. The third kappa shape index (κ3) is 2.31. The summed E-state index contributed by atoms with van der Waals surface area (Å²) in [5, 5.41) is 11.9. The van der Waals surface area contributed by atoms with E-state index in [4.69, 9.17) is 13.8 Å². The third-order valence-electron chi connectivity index (χ3n) is 5.79. The maximum atomic E-state index is 6.03. The van der Waals surface area contributed by atoms with Gasteiger partial charge in [0.1, 0.15) is 22.3 Å². The number of aromatic amines is 1. The number of H-pyrrole nitrogens is 1. The van der Waals surface area contributed by atoms with E-state index in [1.54, 1.807) is 0 Å². The number of benzene rings is 4. The van der Waals surface area contributed by atoms with Crippen LogP contribution in [0.1, 0.15) is 0 Å². The van der Waals surface area contributed by atoms with E-state index >= 15 is 0 Å². The summed E-state index contributed by atoms with van der Waals surface area (Å²) in [7, 11) is 0. The molecular formula is C26H15N3O2. The molecule has 0 fully saturated rings. The van der Waals surface area contributed by atoms with E-state index in [-0.39, 0.29) is 0 Å². The minimum atomic E-state index is 0.636. The van der Waals surface area contributed by atoms with Crippen LogP contribution in [0.5, 0.6) is 0 Å². The number of furan rings is 2. The van der Waals surface area contributed by atoms with E-state index in [9.17, 15) is 0 Å². The van der Waals surface area contributed by atoms with Gasteiger partial charge < -0.3 is 8.83 Å². The smallest absolute Gasteiger partial charge is 0.182 e. The van der Waals surface area contributed by atoms with E-state index < -0.39 is 0 Å². The predicted molar refractivity (Wildman–Crippen MR) is 122 cm³/mol. The number of nitrogens with zero attached hydrogens (tertiary/aromatic N) is 2. The van der Waals surface area contributed by atoms with Crippen LogP contribution in [0.2, 0.25) is 0 Å². The molecule has 0 radical (unpaired) electrons. The molecule has 5 heteroatoms. The number of para-hydroxylation sites is 2. The lowest BCUT2D eigenvalue weighted by molar-refractivity contribution is 0.668. The van der Waals surface area contributed by atoms with Crippen molar-refractivity contribution in [3.05, 3.63) is 84.9 Å². The van der Waals surface area contributed by atoms with Gasteiger partial charge in [-0.2, -0.15) is 5.10 Å². The van der Waals surface area contributed by atoms with Crippen molar-refractivity contribution in [1.29, 1.82) is 0 Å². The molecule has 146 valence electrons.